The van der Waals surface area contributed by atoms with Crippen LogP contribution < -0.4 is 15.4 Å². The van der Waals surface area contributed by atoms with Crippen molar-refractivity contribution in [2.45, 2.75) is 30.3 Å². The molecule has 1 saturated heterocycles. The third kappa shape index (κ3) is 4.96. The van der Waals surface area contributed by atoms with E-state index in [0.717, 1.165) is 4.90 Å². The van der Waals surface area contributed by atoms with Gasteiger partial charge in [0.15, 0.2) is 0 Å². The van der Waals surface area contributed by atoms with Crippen LogP contribution in [0.25, 0.3) is 0 Å². The van der Waals surface area contributed by atoms with Gasteiger partial charge in [0.05, 0.1) is 17.7 Å². The Hall–Kier alpha value is -3.96. The monoisotopic (exact) mass is 496 g/mol. The summed E-state index contributed by atoms with van der Waals surface area (Å²) in [6.45, 7) is 1.23. The molecule has 35 heavy (non-hydrogen) atoms. The van der Waals surface area contributed by atoms with Gasteiger partial charge in [0, 0.05) is 5.69 Å². The highest BCUT2D eigenvalue weighted by Crippen LogP contribution is 2.32. The van der Waals surface area contributed by atoms with Gasteiger partial charge in [-0.15, -0.1) is 0 Å². The summed E-state index contributed by atoms with van der Waals surface area (Å²) < 4.78 is 32.7. The number of rotatable bonds is 9. The standard InChI is InChI=1S/C24H24N4O6S/c1-2-24(17-8-4-3-5-9-17)22(30)28(23(31)27-24)16-21(29)26-18-10-6-12-20(14-18)35(32,33)25-15-19-11-7-13-34-19/h3-14,25H,2,15-16H2,1H3,(H,26,29)(H,27,31)/t24-/m0/s1. The first-order chi connectivity index (χ1) is 16.7. The van der Waals surface area contributed by atoms with Gasteiger partial charge >= 0.3 is 6.03 Å². The number of benzene rings is 2. The minimum atomic E-state index is -3.87. The van der Waals surface area contributed by atoms with Crippen LogP contribution in [0.5, 0.6) is 0 Å². The van der Waals surface area contributed by atoms with E-state index in [9.17, 15) is 22.8 Å². The van der Waals surface area contributed by atoms with Gasteiger partial charge in [0.25, 0.3) is 5.91 Å². The number of carbonyl (C=O) groups excluding carboxylic acids is 3. The molecule has 1 aliphatic rings. The lowest BCUT2D eigenvalue weighted by Crippen LogP contribution is -2.44. The molecule has 0 aliphatic carbocycles. The minimum Gasteiger partial charge on any atom is -0.468 e. The van der Waals surface area contributed by atoms with Crippen molar-refractivity contribution in [1.82, 2.24) is 14.9 Å². The fourth-order valence-corrected chi connectivity index (χ4v) is 4.92. The average Bonchev–Trinajstić information content (AvgIpc) is 3.46. The molecule has 1 atom stereocenters. The van der Waals surface area contributed by atoms with E-state index in [2.05, 4.69) is 15.4 Å². The summed E-state index contributed by atoms with van der Waals surface area (Å²) in [5, 5.41) is 5.27. The fourth-order valence-electron chi connectivity index (χ4n) is 3.88. The maximum absolute atomic E-state index is 13.2. The highest BCUT2D eigenvalue weighted by Gasteiger charge is 2.51. The van der Waals surface area contributed by atoms with Crippen LogP contribution in [0.4, 0.5) is 10.5 Å². The van der Waals surface area contributed by atoms with E-state index in [1.807, 2.05) is 0 Å². The quantitative estimate of drug-likeness (QED) is 0.389. The second-order valence-electron chi connectivity index (χ2n) is 7.93. The molecule has 10 nitrogen and oxygen atoms in total. The predicted octanol–water partition coefficient (Wildman–Crippen LogP) is 2.55. The zero-order valence-electron chi connectivity index (χ0n) is 18.9. The molecule has 2 heterocycles. The van der Waals surface area contributed by atoms with Crippen LogP contribution in [0.3, 0.4) is 0 Å². The Kier molecular flexibility index (Phi) is 6.72. The number of hydrogen-bond donors (Lipinski definition) is 3. The third-order valence-electron chi connectivity index (χ3n) is 5.72. The van der Waals surface area contributed by atoms with Gasteiger partial charge in [0.1, 0.15) is 17.8 Å². The Morgan fingerprint density at radius 1 is 1.06 bits per heavy atom. The molecule has 4 amide bonds. The molecule has 1 fully saturated rings. The van der Waals surface area contributed by atoms with E-state index in [1.54, 1.807) is 49.4 Å². The van der Waals surface area contributed by atoms with E-state index >= 15 is 0 Å². The Bertz CT molecular complexity index is 1340. The molecule has 2 aromatic carbocycles. The van der Waals surface area contributed by atoms with Crippen molar-refractivity contribution >= 4 is 33.6 Å². The number of nitrogens with one attached hydrogen (secondary N) is 3. The van der Waals surface area contributed by atoms with Crippen LogP contribution in [0.2, 0.25) is 0 Å². The molecule has 3 aromatic rings. The lowest BCUT2D eigenvalue weighted by atomic mass is 9.87. The van der Waals surface area contributed by atoms with Gasteiger partial charge in [-0.05, 0) is 42.3 Å². The van der Waals surface area contributed by atoms with Crippen molar-refractivity contribution in [3.63, 3.8) is 0 Å². The maximum atomic E-state index is 13.2. The largest absolute Gasteiger partial charge is 0.468 e. The summed E-state index contributed by atoms with van der Waals surface area (Å²) in [7, 11) is -3.87. The van der Waals surface area contributed by atoms with E-state index in [1.165, 1.54) is 30.5 Å². The van der Waals surface area contributed by atoms with Crippen LogP contribution in [0, 0.1) is 0 Å². The molecule has 0 saturated carbocycles. The first kappa shape index (κ1) is 24.2. The number of hydrogen-bond acceptors (Lipinski definition) is 6. The van der Waals surface area contributed by atoms with Gasteiger partial charge in [-0.1, -0.05) is 43.3 Å². The minimum absolute atomic E-state index is 0.0291. The summed E-state index contributed by atoms with van der Waals surface area (Å²) in [5.74, 6) is -0.721. The molecule has 11 heteroatoms. The second kappa shape index (κ2) is 9.72. The summed E-state index contributed by atoms with van der Waals surface area (Å²) in [6, 6.07) is 17.1. The van der Waals surface area contributed by atoms with Crippen molar-refractivity contribution in [3.05, 3.63) is 84.3 Å². The highest BCUT2D eigenvalue weighted by molar-refractivity contribution is 7.89. The van der Waals surface area contributed by atoms with E-state index in [4.69, 9.17) is 4.42 Å². The van der Waals surface area contributed by atoms with Gasteiger partial charge in [0.2, 0.25) is 15.9 Å². The molecule has 4 rings (SSSR count). The lowest BCUT2D eigenvalue weighted by molar-refractivity contribution is -0.134. The Balaban J connectivity index is 1.44. The van der Waals surface area contributed by atoms with Gasteiger partial charge in [-0.2, -0.15) is 0 Å². The van der Waals surface area contributed by atoms with Gasteiger partial charge in [-0.3, -0.25) is 14.5 Å². The SMILES string of the molecule is CC[C@@]1(c2ccccc2)NC(=O)N(CC(=O)Nc2cccc(S(=O)(=O)NCc3ccco3)c2)C1=O. The van der Waals surface area contributed by atoms with Crippen LogP contribution in [0.15, 0.2) is 82.3 Å². The van der Waals surface area contributed by atoms with E-state index in [0.29, 0.717) is 17.7 Å². The van der Waals surface area contributed by atoms with Crippen LogP contribution in [0.1, 0.15) is 24.7 Å². The van der Waals surface area contributed by atoms with Crippen LogP contribution >= 0.6 is 0 Å². The zero-order valence-corrected chi connectivity index (χ0v) is 19.7. The van der Waals surface area contributed by atoms with Crippen molar-refractivity contribution in [3.8, 4) is 0 Å². The van der Waals surface area contributed by atoms with Crippen LogP contribution in [-0.2, 0) is 31.7 Å². The normalized spacial score (nSPS) is 17.9. The third-order valence-corrected chi connectivity index (χ3v) is 7.12. The van der Waals surface area contributed by atoms with E-state index < -0.39 is 40.0 Å². The topological polar surface area (TPSA) is 138 Å². The molecule has 0 radical (unpaired) electrons. The summed E-state index contributed by atoms with van der Waals surface area (Å²) in [4.78, 5) is 39.2. The molecule has 3 N–H and O–H groups in total. The molecular weight excluding hydrogens is 472 g/mol. The highest BCUT2D eigenvalue weighted by atomic mass is 32.2. The second-order valence-corrected chi connectivity index (χ2v) is 9.69. The number of carbonyl (C=O) groups is 3. The number of sulfonamides is 1. The number of nitrogens with zero attached hydrogens (tertiary/aromatic N) is 1. The summed E-state index contributed by atoms with van der Waals surface area (Å²) in [5.41, 5.74) is -0.414. The molecule has 0 spiro atoms. The maximum Gasteiger partial charge on any atom is 0.325 e. The number of anilines is 1. The average molecular weight is 497 g/mol. The van der Waals surface area contributed by atoms with E-state index in [-0.39, 0.29) is 17.1 Å². The lowest BCUT2D eigenvalue weighted by Gasteiger charge is -2.25. The van der Waals surface area contributed by atoms with Crippen molar-refractivity contribution in [1.29, 1.82) is 0 Å². The summed E-state index contributed by atoms with van der Waals surface area (Å²) >= 11 is 0. The zero-order chi connectivity index (χ0) is 25.1. The molecule has 0 bridgehead atoms. The van der Waals surface area contributed by atoms with Gasteiger partial charge in [-0.25, -0.2) is 17.9 Å². The number of furan rings is 1. The number of urea groups is 1. The molecule has 1 aromatic heterocycles. The Morgan fingerprint density at radius 3 is 2.51 bits per heavy atom. The molecule has 1 aliphatic heterocycles. The van der Waals surface area contributed by atoms with Crippen LogP contribution in [-0.4, -0.2) is 37.7 Å². The Morgan fingerprint density at radius 2 is 1.83 bits per heavy atom. The molecule has 182 valence electrons. The first-order valence-corrected chi connectivity index (χ1v) is 12.3. The molecular formula is C24H24N4O6S. The predicted molar refractivity (Wildman–Crippen MR) is 126 cm³/mol. The Labute approximate surface area is 202 Å². The number of amides is 4. The number of imide groups is 1. The fraction of sp³-hybridized carbons (Fsp3) is 0.208. The van der Waals surface area contributed by atoms with Gasteiger partial charge < -0.3 is 15.1 Å². The first-order valence-electron chi connectivity index (χ1n) is 10.9. The van der Waals surface area contributed by atoms with Crippen molar-refractivity contribution < 1.29 is 27.2 Å². The summed E-state index contributed by atoms with van der Waals surface area (Å²) in [6.07, 6.45) is 1.75. The smallest absolute Gasteiger partial charge is 0.325 e. The molecule has 0 unspecified atom stereocenters. The van der Waals surface area contributed by atoms with Crippen molar-refractivity contribution in [2.24, 2.45) is 0 Å². The van der Waals surface area contributed by atoms with Crippen molar-refractivity contribution in [2.75, 3.05) is 11.9 Å².